The molecule has 0 saturated heterocycles. The maximum absolute atomic E-state index is 12.5. The number of carbonyl (C=O) groups excluding carboxylic acids is 1. The molecule has 5 nitrogen and oxygen atoms in total. The van der Waals surface area contributed by atoms with E-state index in [-0.39, 0.29) is 12.5 Å². The highest BCUT2D eigenvalue weighted by atomic mass is 16.2. The molecule has 1 N–H and O–H groups in total. The van der Waals surface area contributed by atoms with Crippen LogP contribution in [0.2, 0.25) is 0 Å². The third-order valence-corrected chi connectivity index (χ3v) is 4.10. The van der Waals surface area contributed by atoms with Crippen LogP contribution in [0.4, 0.5) is 5.82 Å². The van der Waals surface area contributed by atoms with Crippen molar-refractivity contribution in [3.63, 3.8) is 0 Å². The van der Waals surface area contributed by atoms with Crippen LogP contribution < -0.4 is 4.90 Å². The number of aromatic nitrogens is 2. The summed E-state index contributed by atoms with van der Waals surface area (Å²) in [6.07, 6.45) is 0. The van der Waals surface area contributed by atoms with Gasteiger partial charge in [0.25, 0.3) is 0 Å². The van der Waals surface area contributed by atoms with E-state index in [4.69, 9.17) is 0 Å². The second-order valence-corrected chi connectivity index (χ2v) is 6.10. The highest BCUT2D eigenvalue weighted by Gasteiger charge is 2.15. The molecule has 0 fully saturated rings. The number of anilines is 1. The molecule has 1 amide bonds. The highest BCUT2D eigenvalue weighted by molar-refractivity contribution is 5.81. The van der Waals surface area contributed by atoms with Gasteiger partial charge in [-0.05, 0) is 11.1 Å². The van der Waals surface area contributed by atoms with Crippen LogP contribution in [0.15, 0.2) is 66.7 Å². The van der Waals surface area contributed by atoms with Gasteiger partial charge in [-0.2, -0.15) is 5.10 Å². The molecule has 5 heteroatoms. The predicted octanol–water partition coefficient (Wildman–Crippen LogP) is 3.17. The normalized spacial score (nSPS) is 10.5. The Labute approximate surface area is 147 Å². The zero-order valence-corrected chi connectivity index (χ0v) is 14.5. The molecule has 3 aromatic rings. The van der Waals surface area contributed by atoms with Crippen molar-refractivity contribution < 1.29 is 4.79 Å². The topological polar surface area (TPSA) is 52.2 Å². The van der Waals surface area contributed by atoms with Gasteiger partial charge in [0, 0.05) is 26.7 Å². The fraction of sp³-hybridized carbons (Fsp3) is 0.200. The maximum Gasteiger partial charge on any atom is 0.242 e. The Kier molecular flexibility index (Phi) is 5.14. The van der Waals surface area contributed by atoms with Crippen molar-refractivity contribution in [2.75, 3.05) is 25.5 Å². The number of likely N-dealkylation sites (N-methyl/N-ethyl adjacent to an activating group) is 2. The molecule has 0 saturated carbocycles. The van der Waals surface area contributed by atoms with Crippen molar-refractivity contribution in [2.45, 2.75) is 6.54 Å². The van der Waals surface area contributed by atoms with Crippen LogP contribution in [-0.2, 0) is 11.3 Å². The Bertz CT molecular complexity index is 814. The van der Waals surface area contributed by atoms with Gasteiger partial charge in [-0.1, -0.05) is 60.7 Å². The molecule has 0 aliphatic rings. The van der Waals surface area contributed by atoms with E-state index < -0.39 is 0 Å². The number of benzene rings is 2. The van der Waals surface area contributed by atoms with Gasteiger partial charge in [0.15, 0.2) is 5.82 Å². The zero-order valence-electron chi connectivity index (χ0n) is 14.5. The molecular weight excluding hydrogens is 312 g/mol. The Balaban J connectivity index is 1.61. The molecule has 25 heavy (non-hydrogen) atoms. The van der Waals surface area contributed by atoms with Gasteiger partial charge in [-0.25, -0.2) is 0 Å². The van der Waals surface area contributed by atoms with E-state index >= 15 is 0 Å². The predicted molar refractivity (Wildman–Crippen MR) is 100 cm³/mol. The molecule has 0 aliphatic heterocycles. The van der Waals surface area contributed by atoms with Gasteiger partial charge in [-0.15, -0.1) is 0 Å². The van der Waals surface area contributed by atoms with Gasteiger partial charge in [-0.3, -0.25) is 9.89 Å². The first kappa shape index (κ1) is 16.8. The van der Waals surface area contributed by atoms with Crippen LogP contribution in [0, 0.1) is 0 Å². The molecular formula is C20H22N4O. The number of hydrogen-bond acceptors (Lipinski definition) is 3. The third kappa shape index (κ3) is 4.26. The zero-order chi connectivity index (χ0) is 17.6. The summed E-state index contributed by atoms with van der Waals surface area (Å²) >= 11 is 0. The third-order valence-electron chi connectivity index (χ3n) is 4.10. The summed E-state index contributed by atoms with van der Waals surface area (Å²) in [5, 5.41) is 7.35. The fourth-order valence-electron chi connectivity index (χ4n) is 2.62. The molecule has 0 bridgehead atoms. The van der Waals surface area contributed by atoms with Crippen LogP contribution in [0.3, 0.4) is 0 Å². The maximum atomic E-state index is 12.5. The van der Waals surface area contributed by atoms with Crippen LogP contribution in [0.5, 0.6) is 0 Å². The number of aromatic amines is 1. The minimum Gasteiger partial charge on any atom is -0.349 e. The Morgan fingerprint density at radius 3 is 2.32 bits per heavy atom. The monoisotopic (exact) mass is 334 g/mol. The number of carbonyl (C=O) groups is 1. The second kappa shape index (κ2) is 7.66. The summed E-state index contributed by atoms with van der Waals surface area (Å²) in [5.41, 5.74) is 3.13. The lowest BCUT2D eigenvalue weighted by Crippen LogP contribution is -2.36. The van der Waals surface area contributed by atoms with E-state index in [1.165, 1.54) is 0 Å². The average Bonchev–Trinajstić information content (AvgIpc) is 3.13. The number of nitrogens with one attached hydrogen (secondary N) is 1. The molecule has 0 spiro atoms. The Hall–Kier alpha value is -3.08. The number of hydrogen-bond donors (Lipinski definition) is 1. The molecule has 2 aromatic carbocycles. The number of rotatable bonds is 6. The van der Waals surface area contributed by atoms with E-state index in [2.05, 4.69) is 10.2 Å². The van der Waals surface area contributed by atoms with Crippen molar-refractivity contribution in [3.05, 3.63) is 72.3 Å². The first-order valence-corrected chi connectivity index (χ1v) is 8.23. The quantitative estimate of drug-likeness (QED) is 0.753. The van der Waals surface area contributed by atoms with Crippen molar-refractivity contribution in [1.82, 2.24) is 15.1 Å². The first-order valence-electron chi connectivity index (χ1n) is 8.23. The summed E-state index contributed by atoms with van der Waals surface area (Å²) in [7, 11) is 3.70. The minimum absolute atomic E-state index is 0.0515. The van der Waals surface area contributed by atoms with E-state index in [9.17, 15) is 4.79 Å². The summed E-state index contributed by atoms with van der Waals surface area (Å²) in [6, 6.07) is 21.9. The SMILES string of the molecule is CN(Cc1ccccc1)C(=O)CN(C)c1cc(-c2ccccc2)[nH]n1. The lowest BCUT2D eigenvalue weighted by molar-refractivity contribution is -0.128. The van der Waals surface area contributed by atoms with Crippen LogP contribution in [0.1, 0.15) is 5.56 Å². The number of amides is 1. The Morgan fingerprint density at radius 1 is 1.00 bits per heavy atom. The summed E-state index contributed by atoms with van der Waals surface area (Å²) in [5.74, 6) is 0.802. The van der Waals surface area contributed by atoms with Crippen LogP contribution in [-0.4, -0.2) is 41.6 Å². The largest absolute Gasteiger partial charge is 0.349 e. The van der Waals surface area contributed by atoms with Gasteiger partial charge in [0.1, 0.15) is 0 Å². The molecule has 128 valence electrons. The minimum atomic E-state index is 0.0515. The lowest BCUT2D eigenvalue weighted by Gasteiger charge is -2.21. The lowest BCUT2D eigenvalue weighted by atomic mass is 10.1. The number of H-pyrrole nitrogens is 1. The van der Waals surface area contributed by atoms with Crippen molar-refractivity contribution in [2.24, 2.45) is 0 Å². The van der Waals surface area contributed by atoms with Crippen molar-refractivity contribution >= 4 is 11.7 Å². The van der Waals surface area contributed by atoms with Gasteiger partial charge in [0.2, 0.25) is 5.91 Å². The Morgan fingerprint density at radius 2 is 1.64 bits per heavy atom. The smallest absolute Gasteiger partial charge is 0.242 e. The van der Waals surface area contributed by atoms with Crippen LogP contribution in [0.25, 0.3) is 11.3 Å². The molecule has 0 unspecified atom stereocenters. The van der Waals surface area contributed by atoms with Gasteiger partial charge in [0.05, 0.1) is 12.2 Å². The van der Waals surface area contributed by atoms with Crippen LogP contribution >= 0.6 is 0 Å². The van der Waals surface area contributed by atoms with Crippen molar-refractivity contribution in [3.8, 4) is 11.3 Å². The van der Waals surface area contributed by atoms with E-state index in [0.29, 0.717) is 6.54 Å². The van der Waals surface area contributed by atoms with Gasteiger partial charge < -0.3 is 9.80 Å². The molecule has 0 radical (unpaired) electrons. The summed E-state index contributed by atoms with van der Waals surface area (Å²) in [6.45, 7) is 0.881. The highest BCUT2D eigenvalue weighted by Crippen LogP contribution is 2.20. The summed E-state index contributed by atoms with van der Waals surface area (Å²) < 4.78 is 0. The van der Waals surface area contributed by atoms with E-state index in [1.807, 2.05) is 85.7 Å². The second-order valence-electron chi connectivity index (χ2n) is 6.10. The molecule has 1 aromatic heterocycles. The summed E-state index contributed by atoms with van der Waals surface area (Å²) in [4.78, 5) is 16.0. The van der Waals surface area contributed by atoms with Gasteiger partial charge >= 0.3 is 0 Å². The van der Waals surface area contributed by atoms with E-state index in [1.54, 1.807) is 4.90 Å². The molecule has 0 aliphatic carbocycles. The molecule has 0 atom stereocenters. The standard InChI is InChI=1S/C20H22N4O/c1-23(15-20(25)24(2)14-16-9-5-3-6-10-16)19-13-18(21-22-19)17-11-7-4-8-12-17/h3-13H,14-15H2,1-2H3,(H,21,22). The first-order chi connectivity index (χ1) is 12.1. The molecule has 3 rings (SSSR count). The average molecular weight is 334 g/mol. The number of nitrogens with zero attached hydrogens (tertiary/aromatic N) is 3. The van der Waals surface area contributed by atoms with Crippen molar-refractivity contribution in [1.29, 1.82) is 0 Å². The van der Waals surface area contributed by atoms with E-state index in [0.717, 1.165) is 22.6 Å². The fourth-order valence-corrected chi connectivity index (χ4v) is 2.62. The molecule has 1 heterocycles.